The zero-order valence-electron chi connectivity index (χ0n) is 15.2. The maximum Gasteiger partial charge on any atom is 0.166 e. The Balaban J connectivity index is 2.36. The van der Waals surface area contributed by atoms with Crippen LogP contribution in [0.25, 0.3) is 0 Å². The molecule has 0 saturated carbocycles. The molecule has 1 unspecified atom stereocenters. The van der Waals surface area contributed by atoms with Crippen molar-refractivity contribution in [2.24, 2.45) is 5.41 Å². The van der Waals surface area contributed by atoms with Crippen LogP contribution in [0.1, 0.15) is 31.1 Å². The van der Waals surface area contributed by atoms with Crippen LogP contribution in [0.15, 0.2) is 42.5 Å². The van der Waals surface area contributed by atoms with E-state index in [0.29, 0.717) is 29.5 Å². The van der Waals surface area contributed by atoms with Gasteiger partial charge >= 0.3 is 0 Å². The fraction of sp³-hybridized carbons (Fsp3) is 0.400. The van der Waals surface area contributed by atoms with Gasteiger partial charge in [-0.1, -0.05) is 44.2 Å². The van der Waals surface area contributed by atoms with E-state index in [1.165, 1.54) is 0 Å². The third-order valence-electron chi connectivity index (χ3n) is 4.10. The summed E-state index contributed by atoms with van der Waals surface area (Å²) in [5, 5.41) is 14.4. The molecule has 0 aliphatic rings. The van der Waals surface area contributed by atoms with Gasteiger partial charge in [0.25, 0.3) is 0 Å². The van der Waals surface area contributed by atoms with Crippen LogP contribution in [-0.2, 0) is 0 Å². The van der Waals surface area contributed by atoms with Gasteiger partial charge in [0.2, 0.25) is 0 Å². The Kier molecular flexibility index (Phi) is 6.57. The molecule has 0 bridgehead atoms. The molecule has 0 radical (unpaired) electrons. The van der Waals surface area contributed by atoms with Gasteiger partial charge in [-0.2, -0.15) is 0 Å². The lowest BCUT2D eigenvalue weighted by Crippen LogP contribution is -2.25. The van der Waals surface area contributed by atoms with E-state index in [1.807, 2.05) is 42.5 Å². The summed E-state index contributed by atoms with van der Waals surface area (Å²) in [7, 11) is 3.15. The Hall–Kier alpha value is -1.91. The van der Waals surface area contributed by atoms with Crippen molar-refractivity contribution in [1.29, 1.82) is 0 Å². The highest BCUT2D eigenvalue weighted by Crippen LogP contribution is 2.39. The highest BCUT2D eigenvalue weighted by molar-refractivity contribution is 6.18. The number of rotatable bonds is 8. The molecule has 2 rings (SSSR count). The van der Waals surface area contributed by atoms with Gasteiger partial charge in [0.1, 0.15) is 6.10 Å². The van der Waals surface area contributed by atoms with Crippen molar-refractivity contribution in [3.63, 3.8) is 0 Å². The highest BCUT2D eigenvalue weighted by Gasteiger charge is 2.22. The lowest BCUT2D eigenvalue weighted by Gasteiger charge is -2.25. The number of halogens is 1. The molecule has 5 heteroatoms. The van der Waals surface area contributed by atoms with Gasteiger partial charge in [0.05, 0.1) is 14.2 Å². The van der Waals surface area contributed by atoms with E-state index >= 15 is 0 Å². The Morgan fingerprint density at radius 1 is 1.04 bits per heavy atom. The summed E-state index contributed by atoms with van der Waals surface area (Å²) in [5.41, 5.74) is 2.26. The molecule has 0 fully saturated rings. The highest BCUT2D eigenvalue weighted by atomic mass is 35.5. The van der Waals surface area contributed by atoms with E-state index in [2.05, 4.69) is 19.2 Å². The van der Waals surface area contributed by atoms with Crippen LogP contribution in [0.2, 0.25) is 0 Å². The first-order valence-electron chi connectivity index (χ1n) is 8.21. The zero-order chi connectivity index (χ0) is 18.4. The Morgan fingerprint density at radius 2 is 1.72 bits per heavy atom. The van der Waals surface area contributed by atoms with E-state index in [9.17, 15) is 5.11 Å². The molecule has 0 amide bonds. The van der Waals surface area contributed by atoms with Crippen LogP contribution in [-0.4, -0.2) is 31.8 Å². The van der Waals surface area contributed by atoms with E-state index in [1.54, 1.807) is 14.2 Å². The minimum atomic E-state index is -0.840. The average molecular weight is 364 g/mol. The van der Waals surface area contributed by atoms with E-state index in [4.69, 9.17) is 21.1 Å². The second-order valence-corrected chi connectivity index (χ2v) is 6.99. The van der Waals surface area contributed by atoms with Crippen molar-refractivity contribution < 1.29 is 14.6 Å². The minimum Gasteiger partial charge on any atom is -0.493 e. The third-order valence-corrected chi connectivity index (χ3v) is 4.83. The number of anilines is 1. The molecular weight excluding hydrogens is 338 g/mol. The molecule has 0 spiro atoms. The molecule has 2 aromatic rings. The molecule has 136 valence electrons. The van der Waals surface area contributed by atoms with Crippen LogP contribution in [0.5, 0.6) is 11.5 Å². The first kappa shape index (κ1) is 19.4. The van der Waals surface area contributed by atoms with Gasteiger partial charge in [-0.05, 0) is 17.5 Å². The van der Waals surface area contributed by atoms with Crippen LogP contribution in [0.3, 0.4) is 0 Å². The smallest absolute Gasteiger partial charge is 0.166 e. The Morgan fingerprint density at radius 3 is 2.36 bits per heavy atom. The topological polar surface area (TPSA) is 50.7 Å². The number of aliphatic hydroxyl groups is 1. The SMILES string of the molecule is COc1cccc(C(O)c2ccccc2NCC(C)(C)CCl)c1OC. The predicted octanol–water partition coefficient (Wildman–Crippen LogP) is 4.46. The Bertz CT molecular complexity index is 703. The number of para-hydroxylation sites is 2. The fourth-order valence-corrected chi connectivity index (χ4v) is 2.67. The molecule has 0 heterocycles. The lowest BCUT2D eigenvalue weighted by atomic mass is 9.95. The number of methoxy groups -OCH3 is 2. The van der Waals surface area contributed by atoms with E-state index in [-0.39, 0.29) is 5.41 Å². The van der Waals surface area contributed by atoms with Gasteiger partial charge < -0.3 is 19.9 Å². The molecule has 4 nitrogen and oxygen atoms in total. The van der Waals surface area contributed by atoms with E-state index < -0.39 is 6.10 Å². The summed E-state index contributed by atoms with van der Waals surface area (Å²) >= 11 is 6.01. The lowest BCUT2D eigenvalue weighted by molar-refractivity contribution is 0.213. The fourth-order valence-electron chi connectivity index (χ4n) is 2.57. The van der Waals surface area contributed by atoms with Gasteiger partial charge in [-0.15, -0.1) is 11.6 Å². The predicted molar refractivity (Wildman–Crippen MR) is 103 cm³/mol. The number of ether oxygens (including phenoxy) is 2. The molecule has 0 saturated heterocycles. The second kappa shape index (κ2) is 8.45. The summed E-state index contributed by atoms with van der Waals surface area (Å²) in [4.78, 5) is 0. The standard InChI is InChI=1S/C20H26ClNO3/c1-20(2,12-21)13-22-16-10-6-5-8-14(16)18(23)15-9-7-11-17(24-3)19(15)25-4/h5-11,18,22-23H,12-13H2,1-4H3. The number of nitrogens with one attached hydrogen (secondary N) is 1. The number of benzene rings is 2. The number of aliphatic hydroxyl groups excluding tert-OH is 1. The second-order valence-electron chi connectivity index (χ2n) is 6.72. The van der Waals surface area contributed by atoms with Crippen LogP contribution < -0.4 is 14.8 Å². The van der Waals surface area contributed by atoms with Crippen LogP contribution in [0, 0.1) is 5.41 Å². The van der Waals surface area contributed by atoms with Crippen LogP contribution >= 0.6 is 11.6 Å². The molecule has 1 atom stereocenters. The first-order chi connectivity index (χ1) is 11.9. The largest absolute Gasteiger partial charge is 0.493 e. The molecule has 0 aliphatic carbocycles. The maximum absolute atomic E-state index is 11.0. The number of alkyl halides is 1. The average Bonchev–Trinajstić information content (AvgIpc) is 2.65. The first-order valence-corrected chi connectivity index (χ1v) is 8.74. The summed E-state index contributed by atoms with van der Waals surface area (Å²) in [6.07, 6.45) is -0.840. The molecule has 2 aromatic carbocycles. The zero-order valence-corrected chi connectivity index (χ0v) is 15.9. The third kappa shape index (κ3) is 4.59. The number of hydrogen-bond acceptors (Lipinski definition) is 4. The maximum atomic E-state index is 11.0. The van der Waals surface area contributed by atoms with Crippen molar-refractivity contribution >= 4 is 17.3 Å². The van der Waals surface area contributed by atoms with Crippen molar-refractivity contribution in [3.8, 4) is 11.5 Å². The molecule has 25 heavy (non-hydrogen) atoms. The van der Waals surface area contributed by atoms with Crippen molar-refractivity contribution in [2.75, 3.05) is 32.0 Å². The Labute approximate surface area is 154 Å². The molecular formula is C20H26ClNO3. The van der Waals surface area contributed by atoms with E-state index in [0.717, 1.165) is 11.3 Å². The summed E-state index contributed by atoms with van der Waals surface area (Å²) in [6, 6.07) is 13.2. The monoisotopic (exact) mass is 363 g/mol. The molecule has 2 N–H and O–H groups in total. The van der Waals surface area contributed by atoms with Gasteiger partial charge in [-0.25, -0.2) is 0 Å². The summed E-state index contributed by atoms with van der Waals surface area (Å²) in [5.74, 6) is 1.68. The molecule has 0 aliphatic heterocycles. The quantitative estimate of drug-likeness (QED) is 0.680. The van der Waals surface area contributed by atoms with Gasteiger partial charge in [-0.3, -0.25) is 0 Å². The minimum absolute atomic E-state index is 0.0483. The normalized spacial score (nSPS) is 12.6. The summed E-state index contributed by atoms with van der Waals surface area (Å²) in [6.45, 7) is 4.89. The van der Waals surface area contributed by atoms with Crippen LogP contribution in [0.4, 0.5) is 5.69 Å². The number of hydrogen-bond donors (Lipinski definition) is 2. The van der Waals surface area contributed by atoms with Crippen molar-refractivity contribution in [3.05, 3.63) is 53.6 Å². The summed E-state index contributed by atoms with van der Waals surface area (Å²) < 4.78 is 10.8. The van der Waals surface area contributed by atoms with Gasteiger partial charge in [0.15, 0.2) is 11.5 Å². The molecule has 0 aromatic heterocycles. The van der Waals surface area contributed by atoms with Crippen molar-refractivity contribution in [2.45, 2.75) is 20.0 Å². The van der Waals surface area contributed by atoms with Gasteiger partial charge in [0, 0.05) is 29.2 Å². The van der Waals surface area contributed by atoms with Crippen molar-refractivity contribution in [1.82, 2.24) is 0 Å².